The van der Waals surface area contributed by atoms with Crippen LogP contribution in [0.25, 0.3) is 0 Å². The summed E-state index contributed by atoms with van der Waals surface area (Å²) in [5, 5.41) is 6.81. The van der Waals surface area contributed by atoms with Crippen LogP contribution in [0.1, 0.15) is 12.8 Å². The van der Waals surface area contributed by atoms with Gasteiger partial charge in [0.05, 0.1) is 29.8 Å². The van der Waals surface area contributed by atoms with Gasteiger partial charge in [0.2, 0.25) is 5.95 Å². The summed E-state index contributed by atoms with van der Waals surface area (Å²) in [6, 6.07) is 13.1. The third-order valence-corrected chi connectivity index (χ3v) is 9.01. The highest BCUT2D eigenvalue weighted by molar-refractivity contribution is 7.99. The standard InChI is InChI=1S/C30H38ClFN8OS/c1-37(42-2)28-6-4-3-5-26(28)35-29-24(31)20-33-30(36-29)34-23-7-8-27(25(32)19-23)40-11-9-22(10-12-40)21-39-15-13-38(14-16-39)17-18-41/h3-8,18-20,22H,9-17,21H2,1-2H3,(H2,33,34,35,36). The second-order valence-electron chi connectivity index (χ2n) is 10.7. The molecule has 224 valence electrons. The summed E-state index contributed by atoms with van der Waals surface area (Å²) in [7, 11) is 1.99. The fraction of sp³-hybridized carbons (Fsp3) is 0.433. The minimum Gasteiger partial charge on any atom is -0.369 e. The van der Waals surface area contributed by atoms with E-state index in [0.29, 0.717) is 40.6 Å². The van der Waals surface area contributed by atoms with Gasteiger partial charge in [0.1, 0.15) is 17.1 Å². The topological polar surface area (TPSA) is 79.9 Å². The van der Waals surface area contributed by atoms with Crippen molar-refractivity contribution in [2.75, 3.05) is 85.5 Å². The van der Waals surface area contributed by atoms with Gasteiger partial charge >= 0.3 is 0 Å². The van der Waals surface area contributed by atoms with E-state index in [1.165, 1.54) is 12.3 Å². The smallest absolute Gasteiger partial charge is 0.229 e. The zero-order chi connectivity index (χ0) is 29.5. The Hall–Kier alpha value is -3.12. The number of para-hydroxylation sites is 2. The Morgan fingerprint density at radius 3 is 2.52 bits per heavy atom. The van der Waals surface area contributed by atoms with E-state index in [0.717, 1.165) is 76.3 Å². The van der Waals surface area contributed by atoms with Gasteiger partial charge in [-0.3, -0.25) is 4.90 Å². The molecule has 0 unspecified atom stereocenters. The van der Waals surface area contributed by atoms with Crippen LogP contribution in [0.5, 0.6) is 0 Å². The Balaban J connectivity index is 1.17. The van der Waals surface area contributed by atoms with E-state index >= 15 is 4.39 Å². The van der Waals surface area contributed by atoms with Crippen molar-refractivity contribution in [2.24, 2.45) is 5.92 Å². The highest BCUT2D eigenvalue weighted by Gasteiger charge is 2.25. The summed E-state index contributed by atoms with van der Waals surface area (Å²) in [5.74, 6) is 1.11. The van der Waals surface area contributed by atoms with Crippen LogP contribution in [0.4, 0.5) is 38.9 Å². The quantitative estimate of drug-likeness (QED) is 0.214. The average Bonchev–Trinajstić information content (AvgIpc) is 3.00. The minimum absolute atomic E-state index is 0.272. The normalized spacial score (nSPS) is 16.8. The van der Waals surface area contributed by atoms with Gasteiger partial charge < -0.3 is 29.5 Å². The average molecular weight is 613 g/mol. The van der Waals surface area contributed by atoms with Gasteiger partial charge in [-0.2, -0.15) is 4.98 Å². The van der Waals surface area contributed by atoms with Crippen LogP contribution in [0, 0.1) is 11.7 Å². The van der Waals surface area contributed by atoms with E-state index in [2.05, 4.69) is 35.3 Å². The number of piperazine rings is 1. The molecular weight excluding hydrogens is 575 g/mol. The maximum absolute atomic E-state index is 15.3. The molecule has 9 nitrogen and oxygen atoms in total. The predicted octanol–water partition coefficient (Wildman–Crippen LogP) is 5.50. The third kappa shape index (κ3) is 7.63. The molecule has 0 amide bonds. The van der Waals surface area contributed by atoms with Gasteiger partial charge in [-0.25, -0.2) is 9.37 Å². The van der Waals surface area contributed by atoms with Crippen molar-refractivity contribution in [1.82, 2.24) is 19.8 Å². The third-order valence-electron chi connectivity index (χ3n) is 7.99. The van der Waals surface area contributed by atoms with Gasteiger partial charge in [0.15, 0.2) is 5.82 Å². The predicted molar refractivity (Wildman–Crippen MR) is 172 cm³/mol. The lowest BCUT2D eigenvalue weighted by atomic mass is 9.95. The molecule has 0 bridgehead atoms. The summed E-state index contributed by atoms with van der Waals surface area (Å²) in [5.41, 5.74) is 3.04. The maximum atomic E-state index is 15.3. The van der Waals surface area contributed by atoms with Crippen molar-refractivity contribution < 1.29 is 9.18 Å². The number of hydrogen-bond acceptors (Lipinski definition) is 10. The molecule has 42 heavy (non-hydrogen) atoms. The number of carbonyl (C=O) groups excluding carboxylic acids is 1. The van der Waals surface area contributed by atoms with E-state index in [1.807, 2.05) is 54.0 Å². The van der Waals surface area contributed by atoms with E-state index in [4.69, 9.17) is 11.6 Å². The summed E-state index contributed by atoms with van der Waals surface area (Å²) >= 11 is 8.01. The molecule has 2 fully saturated rings. The molecule has 3 aromatic rings. The Labute approximate surface area is 256 Å². The van der Waals surface area contributed by atoms with Gasteiger partial charge in [0, 0.05) is 64.8 Å². The first kappa shape index (κ1) is 30.3. The van der Waals surface area contributed by atoms with E-state index < -0.39 is 0 Å². The van der Waals surface area contributed by atoms with Crippen molar-refractivity contribution in [1.29, 1.82) is 0 Å². The zero-order valence-electron chi connectivity index (χ0n) is 24.1. The number of piperidine rings is 1. The summed E-state index contributed by atoms with van der Waals surface area (Å²) in [6.45, 7) is 7.19. The first-order valence-electron chi connectivity index (χ1n) is 14.3. The van der Waals surface area contributed by atoms with Crippen molar-refractivity contribution in [2.45, 2.75) is 12.8 Å². The van der Waals surface area contributed by atoms with E-state index in [-0.39, 0.29) is 5.82 Å². The van der Waals surface area contributed by atoms with Crippen LogP contribution < -0.4 is 19.8 Å². The second kappa shape index (κ2) is 14.4. The SMILES string of the molecule is CSN(C)c1ccccc1Nc1nc(Nc2ccc(N3CCC(CN4CCN(CC=O)CC4)CC3)c(F)c2)ncc1Cl. The van der Waals surface area contributed by atoms with E-state index in [9.17, 15) is 4.79 Å². The second-order valence-corrected chi connectivity index (χ2v) is 12.0. The molecule has 5 rings (SSSR count). The number of rotatable bonds is 11. The highest BCUT2D eigenvalue weighted by atomic mass is 35.5. The van der Waals surface area contributed by atoms with Crippen molar-refractivity contribution in [3.63, 3.8) is 0 Å². The molecule has 0 atom stereocenters. The molecule has 2 aliphatic heterocycles. The fourth-order valence-electron chi connectivity index (χ4n) is 5.55. The number of nitrogens with one attached hydrogen (secondary N) is 2. The van der Waals surface area contributed by atoms with Crippen LogP contribution in [-0.4, -0.2) is 91.7 Å². The maximum Gasteiger partial charge on any atom is 0.229 e. The van der Waals surface area contributed by atoms with Crippen LogP contribution in [0.15, 0.2) is 48.7 Å². The molecule has 0 saturated carbocycles. The van der Waals surface area contributed by atoms with Crippen molar-refractivity contribution >= 4 is 64.4 Å². The van der Waals surface area contributed by atoms with Gasteiger partial charge in [-0.1, -0.05) is 35.7 Å². The molecule has 0 aliphatic carbocycles. The monoisotopic (exact) mass is 612 g/mol. The van der Waals surface area contributed by atoms with Gasteiger partial charge in [0.25, 0.3) is 0 Å². The van der Waals surface area contributed by atoms with Crippen LogP contribution in [0.2, 0.25) is 5.02 Å². The number of anilines is 6. The highest BCUT2D eigenvalue weighted by Crippen LogP contribution is 2.33. The van der Waals surface area contributed by atoms with Crippen LogP contribution in [-0.2, 0) is 4.79 Å². The molecule has 2 aromatic carbocycles. The summed E-state index contributed by atoms with van der Waals surface area (Å²) < 4.78 is 17.3. The molecule has 3 heterocycles. The molecule has 2 saturated heterocycles. The summed E-state index contributed by atoms with van der Waals surface area (Å²) in [4.78, 5) is 26.5. The number of nitrogens with zero attached hydrogens (tertiary/aromatic N) is 6. The minimum atomic E-state index is -0.272. The number of halogens is 2. The largest absolute Gasteiger partial charge is 0.369 e. The van der Waals surface area contributed by atoms with Crippen molar-refractivity contribution in [3.8, 4) is 0 Å². The van der Waals surface area contributed by atoms with Crippen LogP contribution in [0.3, 0.4) is 0 Å². The van der Waals surface area contributed by atoms with Crippen molar-refractivity contribution in [3.05, 3.63) is 59.5 Å². The lowest BCUT2D eigenvalue weighted by molar-refractivity contribution is -0.109. The number of hydrogen-bond donors (Lipinski definition) is 2. The van der Waals surface area contributed by atoms with Gasteiger partial charge in [-0.05, 0) is 49.1 Å². The lowest BCUT2D eigenvalue weighted by Gasteiger charge is -2.39. The summed E-state index contributed by atoms with van der Waals surface area (Å²) in [6.07, 6.45) is 6.60. The number of benzene rings is 2. The first-order valence-corrected chi connectivity index (χ1v) is 15.9. The van der Waals surface area contributed by atoms with Gasteiger partial charge in [-0.15, -0.1) is 0 Å². The Kier molecular flexibility index (Phi) is 10.4. The molecule has 2 aliphatic rings. The molecule has 0 spiro atoms. The lowest BCUT2D eigenvalue weighted by Crippen LogP contribution is -2.49. The molecule has 1 aromatic heterocycles. The molecule has 0 radical (unpaired) electrons. The Morgan fingerprint density at radius 2 is 1.81 bits per heavy atom. The number of aromatic nitrogens is 2. The number of carbonyl (C=O) groups is 1. The zero-order valence-corrected chi connectivity index (χ0v) is 25.7. The fourth-order valence-corrected chi connectivity index (χ4v) is 6.04. The van der Waals surface area contributed by atoms with Crippen LogP contribution >= 0.6 is 23.5 Å². The van der Waals surface area contributed by atoms with E-state index in [1.54, 1.807) is 11.9 Å². The Bertz CT molecular complexity index is 1350. The molecule has 2 N–H and O–H groups in total. The number of aldehydes is 1. The molecular formula is C30H38ClFN8OS. The first-order chi connectivity index (χ1) is 20.4. The molecule has 12 heteroatoms. The Morgan fingerprint density at radius 1 is 1.07 bits per heavy atom.